The maximum absolute atomic E-state index is 14.5. The SMILES string of the molecule is CN1CCC(CNC(=O)[C@H]2CCCN2C(=O)[C@@H]2C[C@@H](O)CN2C(=O)CC(c2ccccc2)(c2ccccc2)c2ccccc2)CC1. The van der Waals surface area contributed by atoms with Crippen molar-refractivity contribution < 1.29 is 19.5 Å². The van der Waals surface area contributed by atoms with Crippen molar-refractivity contribution in [2.75, 3.05) is 39.8 Å². The number of rotatable bonds is 9. The van der Waals surface area contributed by atoms with Crippen LogP contribution in [0.3, 0.4) is 0 Å². The summed E-state index contributed by atoms with van der Waals surface area (Å²) in [5, 5.41) is 14.0. The first-order valence-electron chi connectivity index (χ1n) is 16.8. The number of carbonyl (C=O) groups is 3. The summed E-state index contributed by atoms with van der Waals surface area (Å²) >= 11 is 0. The van der Waals surface area contributed by atoms with Gasteiger partial charge in [-0.1, -0.05) is 91.0 Å². The fourth-order valence-electron chi connectivity index (χ4n) is 7.75. The number of likely N-dealkylation sites (tertiary alicyclic amines) is 3. The lowest BCUT2D eigenvalue weighted by atomic mass is 9.67. The number of hydrogen-bond acceptors (Lipinski definition) is 5. The van der Waals surface area contributed by atoms with Crippen molar-refractivity contribution in [2.24, 2.45) is 5.92 Å². The highest BCUT2D eigenvalue weighted by Gasteiger charge is 2.47. The summed E-state index contributed by atoms with van der Waals surface area (Å²) in [5.74, 6) is -0.110. The quantitative estimate of drug-likeness (QED) is 0.354. The lowest BCUT2D eigenvalue weighted by Gasteiger charge is -2.38. The van der Waals surface area contributed by atoms with Crippen molar-refractivity contribution in [3.05, 3.63) is 108 Å². The summed E-state index contributed by atoms with van der Waals surface area (Å²) in [4.78, 5) is 47.6. The molecule has 0 spiro atoms. The van der Waals surface area contributed by atoms with Crippen LogP contribution in [0.1, 0.15) is 55.2 Å². The number of carbonyl (C=O) groups excluding carboxylic acids is 3. The third-order valence-corrected chi connectivity index (χ3v) is 10.3. The molecule has 0 aromatic heterocycles. The highest BCUT2D eigenvalue weighted by molar-refractivity contribution is 5.93. The molecule has 6 rings (SSSR count). The first kappa shape index (κ1) is 32.0. The van der Waals surface area contributed by atoms with Crippen molar-refractivity contribution in [3.8, 4) is 0 Å². The molecular weight excluding hydrogens is 576 g/mol. The Hall–Kier alpha value is -4.01. The number of amides is 3. The first-order chi connectivity index (χ1) is 22.4. The molecule has 2 N–H and O–H groups in total. The number of benzene rings is 3. The molecule has 8 heteroatoms. The van der Waals surface area contributed by atoms with E-state index in [2.05, 4.69) is 17.3 Å². The van der Waals surface area contributed by atoms with E-state index in [1.165, 1.54) is 0 Å². The van der Waals surface area contributed by atoms with Gasteiger partial charge >= 0.3 is 0 Å². The first-order valence-corrected chi connectivity index (χ1v) is 16.8. The molecule has 3 heterocycles. The van der Waals surface area contributed by atoms with E-state index in [4.69, 9.17) is 0 Å². The molecule has 0 radical (unpaired) electrons. The zero-order valence-corrected chi connectivity index (χ0v) is 26.8. The minimum absolute atomic E-state index is 0.0853. The van der Waals surface area contributed by atoms with E-state index in [9.17, 15) is 19.5 Å². The molecule has 3 aliphatic rings. The largest absolute Gasteiger partial charge is 0.391 e. The van der Waals surface area contributed by atoms with Gasteiger partial charge in [0.05, 0.1) is 11.5 Å². The van der Waals surface area contributed by atoms with E-state index in [0.29, 0.717) is 25.4 Å². The number of β-amino-alcohol motifs (C(OH)–C–C–N with tert-alkyl or cyclic N) is 1. The van der Waals surface area contributed by atoms with Crippen molar-refractivity contribution in [1.29, 1.82) is 0 Å². The zero-order chi connectivity index (χ0) is 32.1. The summed E-state index contributed by atoms with van der Waals surface area (Å²) in [5.41, 5.74) is 2.12. The van der Waals surface area contributed by atoms with Crippen LogP contribution in [-0.2, 0) is 19.8 Å². The summed E-state index contributed by atoms with van der Waals surface area (Å²) in [6.07, 6.45) is 2.89. The second kappa shape index (κ2) is 14.2. The van der Waals surface area contributed by atoms with Crippen molar-refractivity contribution >= 4 is 17.7 Å². The van der Waals surface area contributed by atoms with Crippen LogP contribution >= 0.6 is 0 Å². The van der Waals surface area contributed by atoms with Crippen LogP contribution in [0.5, 0.6) is 0 Å². The fraction of sp³-hybridized carbons (Fsp3) is 0.447. The standard InChI is InChI=1S/C38H46N4O4/c1-40-22-19-28(20-23-40)26-39-36(45)33-18-11-21-41(33)37(46)34-24-32(43)27-42(34)35(44)25-38(29-12-5-2-6-13-29,30-14-7-3-8-15-30)31-16-9-4-10-17-31/h2-10,12-17,28,32-34,43H,11,18-27H2,1H3,(H,39,45)/t32-,33-,34+/m1/s1. The highest BCUT2D eigenvalue weighted by atomic mass is 16.3. The van der Waals surface area contributed by atoms with Gasteiger partial charge in [0.2, 0.25) is 17.7 Å². The molecule has 3 aromatic rings. The summed E-state index contributed by atoms with van der Waals surface area (Å²) < 4.78 is 0. The average molecular weight is 623 g/mol. The van der Waals surface area contributed by atoms with Crippen LogP contribution in [-0.4, -0.2) is 95.5 Å². The molecule has 0 unspecified atom stereocenters. The number of aliphatic hydroxyl groups is 1. The Morgan fingerprint density at radius 2 is 1.30 bits per heavy atom. The maximum Gasteiger partial charge on any atom is 0.246 e. The van der Waals surface area contributed by atoms with E-state index in [1.807, 2.05) is 91.0 Å². The minimum atomic E-state index is -0.815. The predicted octanol–water partition coefficient (Wildman–Crippen LogP) is 3.82. The Morgan fingerprint density at radius 3 is 1.85 bits per heavy atom. The van der Waals surface area contributed by atoms with Crippen LogP contribution in [0.2, 0.25) is 0 Å². The van der Waals surface area contributed by atoms with E-state index >= 15 is 0 Å². The molecule has 3 atom stereocenters. The lowest BCUT2D eigenvalue weighted by molar-refractivity contribution is -0.146. The van der Waals surface area contributed by atoms with Gasteiger partial charge in [-0.25, -0.2) is 0 Å². The summed E-state index contributed by atoms with van der Waals surface area (Å²) in [6, 6.07) is 28.7. The second-order valence-corrected chi connectivity index (χ2v) is 13.3. The number of aliphatic hydroxyl groups excluding tert-OH is 1. The maximum atomic E-state index is 14.5. The molecular formula is C38H46N4O4. The molecule has 3 saturated heterocycles. The van der Waals surface area contributed by atoms with Crippen LogP contribution in [0.25, 0.3) is 0 Å². The Balaban J connectivity index is 1.24. The Bertz CT molecular complexity index is 1380. The number of piperidine rings is 1. The van der Waals surface area contributed by atoms with Gasteiger partial charge in [-0.15, -0.1) is 0 Å². The molecule has 0 saturated carbocycles. The summed E-state index contributed by atoms with van der Waals surface area (Å²) in [6.45, 7) is 3.25. The smallest absolute Gasteiger partial charge is 0.246 e. The van der Waals surface area contributed by atoms with Gasteiger partial charge in [0, 0.05) is 32.5 Å². The van der Waals surface area contributed by atoms with Gasteiger partial charge in [0.25, 0.3) is 0 Å². The highest BCUT2D eigenvalue weighted by Crippen LogP contribution is 2.43. The third-order valence-electron chi connectivity index (χ3n) is 10.3. The fourth-order valence-corrected chi connectivity index (χ4v) is 7.75. The van der Waals surface area contributed by atoms with Crippen molar-refractivity contribution in [1.82, 2.24) is 20.0 Å². The van der Waals surface area contributed by atoms with Gasteiger partial charge in [-0.2, -0.15) is 0 Å². The Kier molecular flexibility index (Phi) is 9.85. The van der Waals surface area contributed by atoms with Gasteiger partial charge in [0.1, 0.15) is 12.1 Å². The van der Waals surface area contributed by atoms with E-state index in [1.54, 1.807) is 9.80 Å². The molecule has 3 aromatic carbocycles. The van der Waals surface area contributed by atoms with Gasteiger partial charge in [-0.05, 0) is 68.4 Å². The number of hydrogen-bond donors (Lipinski definition) is 2. The second-order valence-electron chi connectivity index (χ2n) is 13.3. The molecule has 3 fully saturated rings. The lowest BCUT2D eigenvalue weighted by Crippen LogP contribution is -2.54. The minimum Gasteiger partial charge on any atom is -0.391 e. The Labute approximate surface area is 272 Å². The predicted molar refractivity (Wildman–Crippen MR) is 178 cm³/mol. The van der Waals surface area contributed by atoms with Crippen molar-refractivity contribution in [3.63, 3.8) is 0 Å². The molecule has 8 nitrogen and oxygen atoms in total. The molecule has 3 aliphatic heterocycles. The van der Waals surface area contributed by atoms with Gasteiger partial charge in [0.15, 0.2) is 0 Å². The van der Waals surface area contributed by atoms with Gasteiger partial charge < -0.3 is 25.1 Å². The number of nitrogens with zero attached hydrogens (tertiary/aromatic N) is 3. The van der Waals surface area contributed by atoms with Crippen LogP contribution in [0, 0.1) is 5.92 Å². The topological polar surface area (TPSA) is 93.2 Å². The Morgan fingerprint density at radius 1 is 0.761 bits per heavy atom. The van der Waals surface area contributed by atoms with E-state index < -0.39 is 23.6 Å². The van der Waals surface area contributed by atoms with Crippen LogP contribution in [0.15, 0.2) is 91.0 Å². The summed E-state index contributed by atoms with van der Waals surface area (Å²) in [7, 11) is 2.12. The van der Waals surface area contributed by atoms with Gasteiger partial charge in [-0.3, -0.25) is 14.4 Å². The van der Waals surface area contributed by atoms with Crippen LogP contribution < -0.4 is 5.32 Å². The van der Waals surface area contributed by atoms with Crippen molar-refractivity contribution in [2.45, 2.75) is 62.1 Å². The number of nitrogens with one attached hydrogen (secondary N) is 1. The third kappa shape index (κ3) is 6.60. The molecule has 0 aliphatic carbocycles. The average Bonchev–Trinajstić information content (AvgIpc) is 3.75. The zero-order valence-electron chi connectivity index (χ0n) is 26.8. The monoisotopic (exact) mass is 622 g/mol. The van der Waals surface area contributed by atoms with E-state index in [0.717, 1.165) is 49.0 Å². The molecule has 242 valence electrons. The molecule has 3 amide bonds. The van der Waals surface area contributed by atoms with Crippen LogP contribution in [0.4, 0.5) is 0 Å². The molecule has 46 heavy (non-hydrogen) atoms. The molecule has 0 bridgehead atoms. The normalized spacial score (nSPS) is 22.6. The van der Waals surface area contributed by atoms with E-state index in [-0.39, 0.29) is 37.1 Å².